The Bertz CT molecular complexity index is 782. The van der Waals surface area contributed by atoms with Crippen LogP contribution in [-0.4, -0.2) is 31.1 Å². The summed E-state index contributed by atoms with van der Waals surface area (Å²) in [6, 6.07) is 15.1. The van der Waals surface area contributed by atoms with Crippen LogP contribution in [0.1, 0.15) is 32.7 Å². The summed E-state index contributed by atoms with van der Waals surface area (Å²) in [5, 5.41) is 5.57. The Morgan fingerprint density at radius 2 is 1.54 bits per heavy atom. The first-order valence-corrected chi connectivity index (χ1v) is 8.01. The molecule has 5 heteroatoms. The Kier molecular flexibility index (Phi) is 5.01. The van der Waals surface area contributed by atoms with Crippen LogP contribution in [0.4, 0.5) is 5.69 Å². The third kappa shape index (κ3) is 3.68. The molecule has 0 unspecified atom stereocenters. The number of aliphatic imine (C=N–C) groups is 1. The fraction of sp³-hybridized carbons (Fsp3) is 0.211. The van der Waals surface area contributed by atoms with Gasteiger partial charge in [-0.3, -0.25) is 14.6 Å². The molecule has 0 radical (unpaired) electrons. The molecule has 0 spiro atoms. The van der Waals surface area contributed by atoms with Gasteiger partial charge >= 0.3 is 0 Å². The minimum atomic E-state index is -0.0527. The van der Waals surface area contributed by atoms with Crippen LogP contribution in [0.2, 0.25) is 0 Å². The molecule has 2 N–H and O–H groups in total. The first-order valence-electron chi connectivity index (χ1n) is 8.01. The van der Waals surface area contributed by atoms with Crippen LogP contribution in [0.15, 0.2) is 53.5 Å². The first-order chi connectivity index (χ1) is 11.8. The second kappa shape index (κ2) is 7.55. The molecule has 5 nitrogen and oxygen atoms in total. The van der Waals surface area contributed by atoms with Gasteiger partial charge in [0.15, 0.2) is 0 Å². The Balaban J connectivity index is 0.000000141. The maximum absolute atomic E-state index is 11.4. The normalized spacial score (nSPS) is 15.5. The predicted molar refractivity (Wildman–Crippen MR) is 94.0 cm³/mol. The molecular weight excluding hydrogens is 302 g/mol. The minimum absolute atomic E-state index is 0.0527. The highest BCUT2D eigenvalue weighted by atomic mass is 16.2. The maximum atomic E-state index is 11.4. The van der Waals surface area contributed by atoms with Crippen molar-refractivity contribution in [2.24, 2.45) is 4.99 Å². The number of nitrogens with zero attached hydrogens (tertiary/aromatic N) is 1. The molecule has 2 aliphatic rings. The summed E-state index contributed by atoms with van der Waals surface area (Å²) in [7, 11) is 0. The number of amides is 2. The topological polar surface area (TPSA) is 70.6 Å². The zero-order chi connectivity index (χ0) is 16.8. The van der Waals surface area contributed by atoms with Gasteiger partial charge in [-0.2, -0.15) is 0 Å². The van der Waals surface area contributed by atoms with Crippen molar-refractivity contribution in [3.63, 3.8) is 0 Å². The van der Waals surface area contributed by atoms with Crippen LogP contribution >= 0.6 is 0 Å². The van der Waals surface area contributed by atoms with Gasteiger partial charge in [0.05, 0.1) is 17.8 Å². The maximum Gasteiger partial charge on any atom is 0.253 e. The largest absolute Gasteiger partial charge is 0.352 e. The van der Waals surface area contributed by atoms with E-state index in [9.17, 15) is 9.59 Å². The molecule has 2 aliphatic heterocycles. The van der Waals surface area contributed by atoms with Gasteiger partial charge in [0, 0.05) is 18.3 Å². The fourth-order valence-corrected chi connectivity index (χ4v) is 2.69. The van der Waals surface area contributed by atoms with E-state index < -0.39 is 0 Å². The number of fused-ring (bicyclic) bond motifs is 2. The molecule has 0 saturated heterocycles. The zero-order valence-electron chi connectivity index (χ0n) is 13.3. The summed E-state index contributed by atoms with van der Waals surface area (Å²) >= 11 is 0. The van der Waals surface area contributed by atoms with Crippen molar-refractivity contribution < 1.29 is 9.59 Å². The summed E-state index contributed by atoms with van der Waals surface area (Å²) in [5.41, 5.74) is 3.40. The van der Waals surface area contributed by atoms with Crippen molar-refractivity contribution >= 4 is 23.7 Å². The number of rotatable bonds is 0. The van der Waals surface area contributed by atoms with Crippen molar-refractivity contribution in [3.8, 4) is 0 Å². The van der Waals surface area contributed by atoms with Gasteiger partial charge in [-0.1, -0.05) is 30.3 Å². The summed E-state index contributed by atoms with van der Waals surface area (Å²) in [5.74, 6) is 0.0196. The molecule has 0 fully saturated rings. The molecule has 2 amide bonds. The van der Waals surface area contributed by atoms with E-state index in [-0.39, 0.29) is 11.8 Å². The quantitative estimate of drug-likeness (QED) is 0.782. The smallest absolute Gasteiger partial charge is 0.253 e. The number of carbonyl (C=O) groups is 2. The first kappa shape index (κ1) is 15.9. The van der Waals surface area contributed by atoms with Crippen molar-refractivity contribution in [3.05, 3.63) is 65.2 Å². The van der Waals surface area contributed by atoms with Crippen LogP contribution in [0, 0.1) is 0 Å². The number of carbonyl (C=O) groups excluding carboxylic acids is 2. The van der Waals surface area contributed by atoms with Gasteiger partial charge in [-0.15, -0.1) is 0 Å². The van der Waals surface area contributed by atoms with Crippen LogP contribution in [-0.2, 0) is 6.42 Å². The lowest BCUT2D eigenvalue weighted by Gasteiger charge is -2.01. The second-order valence-electron chi connectivity index (χ2n) is 5.56. The van der Waals surface area contributed by atoms with Crippen molar-refractivity contribution in [2.75, 3.05) is 13.1 Å². The van der Waals surface area contributed by atoms with Crippen molar-refractivity contribution in [2.45, 2.75) is 12.8 Å². The average molecular weight is 321 g/mol. The van der Waals surface area contributed by atoms with Gasteiger partial charge < -0.3 is 10.6 Å². The summed E-state index contributed by atoms with van der Waals surface area (Å²) in [4.78, 5) is 26.8. The molecule has 0 aromatic heterocycles. The third-order valence-electron chi connectivity index (χ3n) is 3.90. The second-order valence-corrected chi connectivity index (χ2v) is 5.56. The number of aryl methyl sites for hydroxylation is 1. The summed E-state index contributed by atoms with van der Waals surface area (Å²) in [6.45, 7) is 1.31. The molecule has 2 aromatic rings. The monoisotopic (exact) mass is 321 g/mol. The van der Waals surface area contributed by atoms with E-state index in [4.69, 9.17) is 0 Å². The Hall–Kier alpha value is -2.95. The summed E-state index contributed by atoms with van der Waals surface area (Å²) in [6.07, 6.45) is 3.75. The van der Waals surface area contributed by atoms with E-state index in [0.717, 1.165) is 30.6 Å². The Labute approximate surface area is 140 Å². The third-order valence-corrected chi connectivity index (χ3v) is 3.90. The Morgan fingerprint density at radius 1 is 0.833 bits per heavy atom. The molecular formula is C19H19N3O2. The molecule has 24 heavy (non-hydrogen) atoms. The standard InChI is InChI=1S/C10H11NO.C9H8N2O/c12-10-9-6-2-1-4-8(9)5-3-7-11-10;12-9-7-3-1-2-4-8(7)10-5-6-11-9/h1-2,4,6H,3,5,7H2,(H,11,12);1-5H,6H2,(H,11,12). The summed E-state index contributed by atoms with van der Waals surface area (Å²) < 4.78 is 0. The van der Waals surface area contributed by atoms with E-state index in [0.29, 0.717) is 12.1 Å². The van der Waals surface area contributed by atoms with Gasteiger partial charge in [0.1, 0.15) is 0 Å². The van der Waals surface area contributed by atoms with Crippen molar-refractivity contribution in [1.82, 2.24) is 10.6 Å². The molecule has 2 heterocycles. The lowest BCUT2D eigenvalue weighted by Crippen LogP contribution is -2.23. The minimum Gasteiger partial charge on any atom is -0.352 e. The number of benzene rings is 2. The number of para-hydroxylation sites is 1. The highest BCUT2D eigenvalue weighted by Gasteiger charge is 2.13. The molecule has 122 valence electrons. The van der Waals surface area contributed by atoms with E-state index in [2.05, 4.69) is 15.6 Å². The highest BCUT2D eigenvalue weighted by Crippen LogP contribution is 2.18. The van der Waals surface area contributed by atoms with E-state index in [1.807, 2.05) is 42.5 Å². The molecule has 2 aromatic carbocycles. The van der Waals surface area contributed by atoms with Gasteiger partial charge in [-0.05, 0) is 36.6 Å². The van der Waals surface area contributed by atoms with Crippen LogP contribution in [0.3, 0.4) is 0 Å². The molecule has 0 saturated carbocycles. The number of hydrogen-bond acceptors (Lipinski definition) is 3. The lowest BCUT2D eigenvalue weighted by molar-refractivity contribution is 0.0950. The van der Waals surface area contributed by atoms with Crippen molar-refractivity contribution in [1.29, 1.82) is 0 Å². The molecule has 0 aliphatic carbocycles. The van der Waals surface area contributed by atoms with E-state index in [1.54, 1.807) is 12.3 Å². The molecule has 4 rings (SSSR count). The van der Waals surface area contributed by atoms with Gasteiger partial charge in [-0.25, -0.2) is 0 Å². The van der Waals surface area contributed by atoms with Gasteiger partial charge in [0.25, 0.3) is 11.8 Å². The van der Waals surface area contributed by atoms with Gasteiger partial charge in [0.2, 0.25) is 0 Å². The average Bonchev–Trinajstić information content (AvgIpc) is 2.93. The van der Waals surface area contributed by atoms with E-state index in [1.165, 1.54) is 5.56 Å². The highest BCUT2D eigenvalue weighted by molar-refractivity contribution is 6.01. The number of nitrogens with one attached hydrogen (secondary N) is 2. The SMILES string of the molecule is O=C1NCC=Nc2ccccc21.O=C1NCCCc2ccccc21. The van der Waals surface area contributed by atoms with E-state index >= 15 is 0 Å². The lowest BCUT2D eigenvalue weighted by atomic mass is 10.0. The van der Waals surface area contributed by atoms with Crippen LogP contribution in [0.5, 0.6) is 0 Å². The zero-order valence-corrected chi connectivity index (χ0v) is 13.3. The predicted octanol–water partition coefficient (Wildman–Crippen LogP) is 2.49. The van der Waals surface area contributed by atoms with Crippen LogP contribution < -0.4 is 10.6 Å². The Morgan fingerprint density at radius 3 is 2.42 bits per heavy atom. The number of hydrogen-bond donors (Lipinski definition) is 2. The van der Waals surface area contributed by atoms with Crippen LogP contribution in [0.25, 0.3) is 0 Å². The molecule has 0 atom stereocenters. The fourth-order valence-electron chi connectivity index (χ4n) is 2.69. The molecule has 0 bridgehead atoms.